The van der Waals surface area contributed by atoms with Crippen molar-refractivity contribution in [2.45, 2.75) is 17.9 Å². The van der Waals surface area contributed by atoms with Gasteiger partial charge in [-0.2, -0.15) is 0 Å². The molecule has 1 heterocycles. The molecule has 0 aliphatic heterocycles. The number of thiophene rings is 1. The summed E-state index contributed by atoms with van der Waals surface area (Å²) in [6.45, 7) is 2.29. The van der Waals surface area contributed by atoms with Gasteiger partial charge in [-0.15, -0.1) is 11.3 Å². The number of nitrogens with one attached hydrogen (secondary N) is 1. The van der Waals surface area contributed by atoms with E-state index in [1.54, 1.807) is 12.1 Å². The SMILES string of the molecule is CCOc1ccc(S(=O)(=O)NCC(O)c2csc3ccccc23)cc1. The molecule has 2 N–H and O–H groups in total. The van der Waals surface area contributed by atoms with Crippen LogP contribution >= 0.6 is 11.3 Å². The molecule has 1 unspecified atom stereocenters. The average Bonchev–Trinajstić information content (AvgIpc) is 3.05. The molecule has 0 saturated heterocycles. The fourth-order valence-corrected chi connectivity index (χ4v) is 4.57. The number of aliphatic hydroxyl groups excluding tert-OH is 1. The van der Waals surface area contributed by atoms with Crippen LogP contribution in [-0.4, -0.2) is 26.7 Å². The normalized spacial score (nSPS) is 13.0. The number of fused-ring (bicyclic) bond motifs is 1. The molecule has 0 radical (unpaired) electrons. The first-order chi connectivity index (χ1) is 12.0. The molecule has 0 fully saturated rings. The molecule has 0 aliphatic rings. The van der Waals surface area contributed by atoms with Crippen molar-refractivity contribution in [1.82, 2.24) is 4.72 Å². The zero-order valence-corrected chi connectivity index (χ0v) is 15.3. The molecule has 5 nitrogen and oxygen atoms in total. The standard InChI is InChI=1S/C18H19NO4S2/c1-2-23-13-7-9-14(10-8-13)25(21,22)19-11-17(20)16-12-24-18-6-4-3-5-15(16)18/h3-10,12,17,19-20H,2,11H2,1H3. The Morgan fingerprint density at radius 3 is 2.60 bits per heavy atom. The number of hydrogen-bond donors (Lipinski definition) is 2. The number of sulfonamides is 1. The number of hydrogen-bond acceptors (Lipinski definition) is 5. The second-order valence-corrected chi connectivity index (χ2v) is 8.14. The Morgan fingerprint density at radius 2 is 1.88 bits per heavy atom. The monoisotopic (exact) mass is 377 g/mol. The summed E-state index contributed by atoms with van der Waals surface area (Å²) >= 11 is 1.53. The molecule has 3 aromatic rings. The van der Waals surface area contributed by atoms with E-state index in [4.69, 9.17) is 4.74 Å². The third kappa shape index (κ3) is 4.01. The number of benzene rings is 2. The van der Waals surface area contributed by atoms with Crippen LogP contribution in [0.1, 0.15) is 18.6 Å². The first-order valence-electron chi connectivity index (χ1n) is 7.88. The molecular formula is C18H19NO4S2. The minimum atomic E-state index is -3.69. The molecule has 2 aromatic carbocycles. The Morgan fingerprint density at radius 1 is 1.16 bits per heavy atom. The highest BCUT2D eigenvalue weighted by Gasteiger charge is 2.18. The van der Waals surface area contributed by atoms with Crippen molar-refractivity contribution in [3.8, 4) is 5.75 Å². The molecule has 132 valence electrons. The topological polar surface area (TPSA) is 75.6 Å². The Labute approximate surface area is 150 Å². The quantitative estimate of drug-likeness (QED) is 0.662. The maximum Gasteiger partial charge on any atom is 0.240 e. The van der Waals surface area contributed by atoms with Crippen LogP contribution in [0, 0.1) is 0 Å². The van der Waals surface area contributed by atoms with Crippen LogP contribution in [0.15, 0.2) is 58.8 Å². The molecule has 0 bridgehead atoms. The van der Waals surface area contributed by atoms with Crippen LogP contribution in [0.3, 0.4) is 0 Å². The summed E-state index contributed by atoms with van der Waals surface area (Å²) in [6, 6.07) is 13.9. The average molecular weight is 377 g/mol. The summed E-state index contributed by atoms with van der Waals surface area (Å²) in [5, 5.41) is 13.2. The minimum absolute atomic E-state index is 0.0870. The summed E-state index contributed by atoms with van der Waals surface area (Å²) < 4.78 is 33.6. The molecule has 0 aliphatic carbocycles. The summed E-state index contributed by atoms with van der Waals surface area (Å²) in [7, 11) is -3.69. The van der Waals surface area contributed by atoms with Crippen LogP contribution in [0.25, 0.3) is 10.1 Å². The maximum absolute atomic E-state index is 12.4. The van der Waals surface area contributed by atoms with Gasteiger partial charge < -0.3 is 9.84 Å². The van der Waals surface area contributed by atoms with E-state index in [0.29, 0.717) is 12.4 Å². The van der Waals surface area contributed by atoms with Gasteiger partial charge in [0.15, 0.2) is 0 Å². The van der Waals surface area contributed by atoms with Gasteiger partial charge in [0.1, 0.15) is 5.75 Å². The predicted molar refractivity (Wildman–Crippen MR) is 99.6 cm³/mol. The van der Waals surface area contributed by atoms with Crippen molar-refractivity contribution in [2.75, 3.05) is 13.2 Å². The van der Waals surface area contributed by atoms with Gasteiger partial charge in [0.25, 0.3) is 0 Å². The summed E-state index contributed by atoms with van der Waals surface area (Å²) in [5.41, 5.74) is 0.731. The molecule has 0 spiro atoms. The van der Waals surface area contributed by atoms with Crippen LogP contribution < -0.4 is 9.46 Å². The Balaban J connectivity index is 1.71. The van der Waals surface area contributed by atoms with Crippen molar-refractivity contribution in [1.29, 1.82) is 0 Å². The van der Waals surface area contributed by atoms with Crippen molar-refractivity contribution >= 4 is 31.4 Å². The lowest BCUT2D eigenvalue weighted by Gasteiger charge is -2.12. The lowest BCUT2D eigenvalue weighted by Crippen LogP contribution is -2.28. The van der Waals surface area contributed by atoms with Crippen LogP contribution in [0.4, 0.5) is 0 Å². The van der Waals surface area contributed by atoms with Crippen molar-refractivity contribution in [2.24, 2.45) is 0 Å². The van der Waals surface area contributed by atoms with Crippen molar-refractivity contribution in [3.05, 3.63) is 59.5 Å². The maximum atomic E-state index is 12.4. The molecule has 25 heavy (non-hydrogen) atoms. The second kappa shape index (κ2) is 7.53. The van der Waals surface area contributed by atoms with Gasteiger partial charge >= 0.3 is 0 Å². The minimum Gasteiger partial charge on any atom is -0.494 e. The lowest BCUT2D eigenvalue weighted by atomic mass is 10.1. The van der Waals surface area contributed by atoms with Gasteiger partial charge in [0.2, 0.25) is 10.0 Å². The molecule has 3 rings (SSSR count). The van der Waals surface area contributed by atoms with E-state index in [1.807, 2.05) is 36.6 Å². The van der Waals surface area contributed by atoms with E-state index < -0.39 is 16.1 Å². The number of ether oxygens (including phenoxy) is 1. The third-order valence-corrected chi connectivity index (χ3v) is 6.20. The van der Waals surface area contributed by atoms with Crippen molar-refractivity contribution in [3.63, 3.8) is 0 Å². The highest BCUT2D eigenvalue weighted by molar-refractivity contribution is 7.89. The summed E-state index contributed by atoms with van der Waals surface area (Å²) in [5.74, 6) is 0.617. The molecule has 0 saturated carbocycles. The highest BCUT2D eigenvalue weighted by Crippen LogP contribution is 2.30. The molecule has 7 heteroatoms. The summed E-state index contributed by atoms with van der Waals surface area (Å²) in [4.78, 5) is 0.137. The second-order valence-electron chi connectivity index (χ2n) is 5.46. The molecule has 1 aromatic heterocycles. The fraction of sp³-hybridized carbons (Fsp3) is 0.222. The van der Waals surface area contributed by atoms with Gasteiger partial charge in [-0.05, 0) is 48.0 Å². The van der Waals surface area contributed by atoms with Gasteiger partial charge in [-0.1, -0.05) is 18.2 Å². The first-order valence-corrected chi connectivity index (χ1v) is 10.2. The number of aliphatic hydroxyl groups is 1. The Kier molecular flexibility index (Phi) is 5.39. The van der Waals surface area contributed by atoms with Crippen molar-refractivity contribution < 1.29 is 18.3 Å². The Bertz CT molecular complexity index is 949. The lowest BCUT2D eigenvalue weighted by molar-refractivity contribution is 0.184. The van der Waals surface area contributed by atoms with Gasteiger partial charge in [-0.3, -0.25) is 0 Å². The van der Waals surface area contributed by atoms with Gasteiger partial charge in [-0.25, -0.2) is 13.1 Å². The van der Waals surface area contributed by atoms with Crippen LogP contribution in [0.2, 0.25) is 0 Å². The summed E-state index contributed by atoms with van der Waals surface area (Å²) in [6.07, 6.45) is -0.909. The zero-order chi connectivity index (χ0) is 17.9. The van der Waals surface area contributed by atoms with E-state index in [-0.39, 0.29) is 11.4 Å². The van der Waals surface area contributed by atoms with E-state index >= 15 is 0 Å². The first kappa shape index (κ1) is 17.9. The van der Waals surface area contributed by atoms with Gasteiger partial charge in [0, 0.05) is 16.8 Å². The largest absolute Gasteiger partial charge is 0.494 e. The highest BCUT2D eigenvalue weighted by atomic mass is 32.2. The van der Waals surface area contributed by atoms with E-state index in [1.165, 1.54) is 23.5 Å². The fourth-order valence-electron chi connectivity index (χ4n) is 2.52. The third-order valence-electron chi connectivity index (χ3n) is 3.78. The van der Waals surface area contributed by atoms with Crippen LogP contribution in [0.5, 0.6) is 5.75 Å². The molecule has 0 amide bonds. The van der Waals surface area contributed by atoms with E-state index in [9.17, 15) is 13.5 Å². The molecular weight excluding hydrogens is 358 g/mol. The van der Waals surface area contributed by atoms with E-state index in [2.05, 4.69) is 4.72 Å². The molecule has 1 atom stereocenters. The smallest absolute Gasteiger partial charge is 0.240 e. The van der Waals surface area contributed by atoms with Gasteiger partial charge in [0.05, 0.1) is 17.6 Å². The zero-order valence-electron chi connectivity index (χ0n) is 13.7. The number of rotatable bonds is 7. The Hall–Kier alpha value is -1.93. The van der Waals surface area contributed by atoms with E-state index in [0.717, 1.165) is 15.6 Å². The predicted octanol–water partition coefficient (Wildman–Crippen LogP) is 3.31. The van der Waals surface area contributed by atoms with Crippen LogP contribution in [-0.2, 0) is 10.0 Å².